The monoisotopic (exact) mass is 276 g/mol. The molecule has 0 aliphatic carbocycles. The summed E-state index contributed by atoms with van der Waals surface area (Å²) in [6.07, 6.45) is 5.00. The maximum Gasteiger partial charge on any atom is 0.244 e. The molecule has 1 N–H and O–H groups in total. The maximum absolute atomic E-state index is 12.3. The first-order valence-corrected chi connectivity index (χ1v) is 6.53. The van der Waals surface area contributed by atoms with E-state index in [2.05, 4.69) is 20.5 Å². The van der Waals surface area contributed by atoms with E-state index in [9.17, 15) is 4.79 Å². The van der Waals surface area contributed by atoms with Crippen LogP contribution < -0.4 is 5.32 Å². The molecular weight excluding hydrogens is 260 g/mol. The highest BCUT2D eigenvalue weighted by Crippen LogP contribution is 2.12. The smallest absolute Gasteiger partial charge is 0.244 e. The van der Waals surface area contributed by atoms with Crippen LogP contribution in [0.1, 0.15) is 6.92 Å². The van der Waals surface area contributed by atoms with Gasteiger partial charge in [-0.2, -0.15) is 0 Å². The molecule has 0 radical (unpaired) electrons. The number of anilines is 1. The number of ether oxygens (including phenoxy) is 1. The lowest BCUT2D eigenvalue weighted by Gasteiger charge is -2.29. The van der Waals surface area contributed by atoms with Gasteiger partial charge in [-0.05, 0) is 6.92 Å². The van der Waals surface area contributed by atoms with Gasteiger partial charge in [0.05, 0.1) is 13.2 Å². The Labute approximate surface area is 115 Å². The number of amides is 1. The van der Waals surface area contributed by atoms with E-state index >= 15 is 0 Å². The van der Waals surface area contributed by atoms with Crippen LogP contribution >= 0.6 is 0 Å². The number of aromatic nitrogens is 4. The van der Waals surface area contributed by atoms with Gasteiger partial charge in [0.1, 0.15) is 12.4 Å². The van der Waals surface area contributed by atoms with Gasteiger partial charge in [-0.15, -0.1) is 10.2 Å². The number of nitrogens with one attached hydrogen (secondary N) is 1. The van der Waals surface area contributed by atoms with Gasteiger partial charge in [-0.25, -0.2) is 4.98 Å². The number of morpholine rings is 1. The third-order valence-corrected chi connectivity index (χ3v) is 3.26. The van der Waals surface area contributed by atoms with Crippen molar-refractivity contribution in [1.82, 2.24) is 24.5 Å². The molecule has 8 heteroatoms. The summed E-state index contributed by atoms with van der Waals surface area (Å²) in [5, 5.41) is 10.9. The van der Waals surface area contributed by atoms with Gasteiger partial charge in [-0.3, -0.25) is 9.20 Å². The molecule has 20 heavy (non-hydrogen) atoms. The van der Waals surface area contributed by atoms with Gasteiger partial charge in [0.15, 0.2) is 5.82 Å². The second-order valence-corrected chi connectivity index (χ2v) is 4.64. The highest BCUT2D eigenvalue weighted by molar-refractivity contribution is 5.85. The van der Waals surface area contributed by atoms with Gasteiger partial charge in [0.25, 0.3) is 0 Å². The minimum absolute atomic E-state index is 0.0385. The molecule has 0 saturated carbocycles. The van der Waals surface area contributed by atoms with E-state index in [0.29, 0.717) is 37.8 Å². The molecule has 8 nitrogen and oxygen atoms in total. The average Bonchev–Trinajstić information content (AvgIpc) is 2.97. The molecule has 1 atom stereocenters. The van der Waals surface area contributed by atoms with Gasteiger partial charge in [0, 0.05) is 25.5 Å². The molecule has 1 saturated heterocycles. The predicted molar refractivity (Wildman–Crippen MR) is 71.3 cm³/mol. The average molecular weight is 276 g/mol. The Balaban J connectivity index is 1.73. The molecule has 1 amide bonds. The molecule has 2 aromatic rings. The van der Waals surface area contributed by atoms with Gasteiger partial charge < -0.3 is 15.0 Å². The number of fused-ring (bicyclic) bond motifs is 1. The Morgan fingerprint density at radius 2 is 2.25 bits per heavy atom. The van der Waals surface area contributed by atoms with E-state index in [0.717, 1.165) is 0 Å². The summed E-state index contributed by atoms with van der Waals surface area (Å²) >= 11 is 0. The predicted octanol–water partition coefficient (Wildman–Crippen LogP) is -0.217. The molecule has 3 rings (SSSR count). The minimum Gasteiger partial charge on any atom is -0.378 e. The number of hydrogen-bond acceptors (Lipinski definition) is 6. The van der Waals surface area contributed by atoms with Crippen LogP contribution in [-0.4, -0.2) is 62.7 Å². The minimum atomic E-state index is -0.372. The summed E-state index contributed by atoms with van der Waals surface area (Å²) < 4.78 is 7.00. The summed E-state index contributed by atoms with van der Waals surface area (Å²) in [7, 11) is 0. The van der Waals surface area contributed by atoms with Crippen LogP contribution in [0.15, 0.2) is 18.7 Å². The zero-order valence-corrected chi connectivity index (χ0v) is 11.2. The number of carbonyl (C=O) groups excluding carboxylic acids is 1. The summed E-state index contributed by atoms with van der Waals surface area (Å²) in [6, 6.07) is -0.372. The number of nitrogens with zero attached hydrogens (tertiary/aromatic N) is 5. The van der Waals surface area contributed by atoms with E-state index in [1.807, 2.05) is 6.92 Å². The number of carbonyl (C=O) groups is 1. The summed E-state index contributed by atoms with van der Waals surface area (Å²) in [4.78, 5) is 18.3. The fourth-order valence-electron chi connectivity index (χ4n) is 2.18. The Bertz CT molecular complexity index is 607. The maximum atomic E-state index is 12.3. The zero-order chi connectivity index (χ0) is 13.9. The standard InChI is InChI=1S/C12H16N6O2/c1-9(12(19)17-4-6-20-7-5-17)15-10-11-16-14-8-18(11)3-2-13-10/h2-3,8-9H,4-7H2,1H3,(H,13,15). The lowest BCUT2D eigenvalue weighted by molar-refractivity contribution is -0.135. The van der Waals surface area contributed by atoms with Crippen LogP contribution in [0.5, 0.6) is 0 Å². The topological polar surface area (TPSA) is 84.7 Å². The molecule has 106 valence electrons. The molecule has 0 spiro atoms. The Kier molecular flexibility index (Phi) is 3.46. The third-order valence-electron chi connectivity index (χ3n) is 3.26. The van der Waals surface area contributed by atoms with E-state index < -0.39 is 0 Å². The van der Waals surface area contributed by atoms with Crippen LogP contribution in [0.2, 0.25) is 0 Å². The lowest BCUT2D eigenvalue weighted by Crippen LogP contribution is -2.47. The molecule has 0 bridgehead atoms. The van der Waals surface area contributed by atoms with Gasteiger partial charge in [0.2, 0.25) is 11.6 Å². The highest BCUT2D eigenvalue weighted by Gasteiger charge is 2.23. The van der Waals surface area contributed by atoms with Crippen LogP contribution in [0.4, 0.5) is 5.82 Å². The molecule has 1 aliphatic heterocycles. The Morgan fingerprint density at radius 1 is 1.45 bits per heavy atom. The number of hydrogen-bond donors (Lipinski definition) is 1. The second kappa shape index (κ2) is 5.41. The molecule has 1 unspecified atom stereocenters. The normalized spacial score (nSPS) is 17.1. The van der Waals surface area contributed by atoms with Crippen molar-refractivity contribution in [2.24, 2.45) is 0 Å². The SMILES string of the molecule is CC(Nc1nccn2cnnc12)C(=O)N1CCOCC1. The summed E-state index contributed by atoms with van der Waals surface area (Å²) in [5.41, 5.74) is 0.606. The van der Waals surface area contributed by atoms with Gasteiger partial charge >= 0.3 is 0 Å². The van der Waals surface area contributed by atoms with Crippen molar-refractivity contribution in [3.63, 3.8) is 0 Å². The fourth-order valence-corrected chi connectivity index (χ4v) is 2.18. The van der Waals surface area contributed by atoms with Crippen molar-refractivity contribution < 1.29 is 9.53 Å². The van der Waals surface area contributed by atoms with E-state index in [4.69, 9.17) is 4.74 Å². The molecule has 0 aromatic carbocycles. The van der Waals surface area contributed by atoms with Crippen LogP contribution in [-0.2, 0) is 9.53 Å². The van der Waals surface area contributed by atoms with Crippen molar-refractivity contribution in [3.8, 4) is 0 Å². The molecule has 1 aliphatic rings. The molecule has 2 aromatic heterocycles. The van der Waals surface area contributed by atoms with E-state index in [-0.39, 0.29) is 11.9 Å². The van der Waals surface area contributed by atoms with Crippen molar-refractivity contribution >= 4 is 17.4 Å². The fraction of sp³-hybridized carbons (Fsp3) is 0.500. The summed E-state index contributed by atoms with van der Waals surface area (Å²) in [6.45, 7) is 4.27. The van der Waals surface area contributed by atoms with Gasteiger partial charge in [-0.1, -0.05) is 0 Å². The van der Waals surface area contributed by atoms with Crippen LogP contribution in [0.25, 0.3) is 5.65 Å². The van der Waals surface area contributed by atoms with Crippen molar-refractivity contribution in [1.29, 1.82) is 0 Å². The molecule has 3 heterocycles. The van der Waals surface area contributed by atoms with Crippen LogP contribution in [0.3, 0.4) is 0 Å². The molecular formula is C12H16N6O2. The van der Waals surface area contributed by atoms with Crippen molar-refractivity contribution in [2.45, 2.75) is 13.0 Å². The Hall–Kier alpha value is -2.22. The first-order chi connectivity index (χ1) is 9.75. The molecule has 1 fully saturated rings. The number of rotatable bonds is 3. The highest BCUT2D eigenvalue weighted by atomic mass is 16.5. The quantitative estimate of drug-likeness (QED) is 0.834. The van der Waals surface area contributed by atoms with E-state index in [1.54, 1.807) is 28.0 Å². The summed E-state index contributed by atoms with van der Waals surface area (Å²) in [5.74, 6) is 0.593. The van der Waals surface area contributed by atoms with E-state index in [1.165, 1.54) is 0 Å². The third kappa shape index (κ3) is 2.42. The lowest BCUT2D eigenvalue weighted by atomic mass is 10.2. The first kappa shape index (κ1) is 12.8. The zero-order valence-electron chi connectivity index (χ0n) is 11.2. The van der Waals surface area contributed by atoms with Crippen molar-refractivity contribution in [3.05, 3.63) is 18.7 Å². The Morgan fingerprint density at radius 3 is 3.05 bits per heavy atom. The van der Waals surface area contributed by atoms with Crippen molar-refractivity contribution in [2.75, 3.05) is 31.6 Å². The van der Waals surface area contributed by atoms with Crippen LogP contribution in [0, 0.1) is 0 Å². The second-order valence-electron chi connectivity index (χ2n) is 4.64. The largest absolute Gasteiger partial charge is 0.378 e. The first-order valence-electron chi connectivity index (χ1n) is 6.53.